The normalized spacial score (nSPS) is 13.2. The highest BCUT2D eigenvalue weighted by atomic mass is 79.9. The van der Waals surface area contributed by atoms with Crippen LogP contribution in [0.15, 0.2) is 4.47 Å². The van der Waals surface area contributed by atoms with Crippen molar-refractivity contribution in [1.29, 1.82) is 0 Å². The summed E-state index contributed by atoms with van der Waals surface area (Å²) < 4.78 is 3.29. The summed E-state index contributed by atoms with van der Waals surface area (Å²) >= 11 is 5.70. The van der Waals surface area contributed by atoms with E-state index in [0.29, 0.717) is 11.3 Å². The van der Waals surface area contributed by atoms with Crippen LogP contribution in [-0.4, -0.2) is 33.4 Å². The third-order valence-electron chi connectivity index (χ3n) is 3.02. The first kappa shape index (κ1) is 17.1. The van der Waals surface area contributed by atoms with Gasteiger partial charge < -0.3 is 5.32 Å². The quantitative estimate of drug-likeness (QED) is 0.778. The average Bonchev–Trinajstić information content (AvgIpc) is 2.63. The van der Waals surface area contributed by atoms with Gasteiger partial charge in [0.15, 0.2) is 0 Å². The largest absolute Gasteiger partial charge is 0.313 e. The summed E-state index contributed by atoms with van der Waals surface area (Å²) in [6.45, 7) is 12.8. The van der Waals surface area contributed by atoms with Gasteiger partial charge in [-0.3, -0.25) is 4.68 Å². The van der Waals surface area contributed by atoms with Crippen molar-refractivity contribution in [3.8, 4) is 0 Å². The fourth-order valence-corrected chi connectivity index (χ4v) is 3.38. The van der Waals surface area contributed by atoms with Crippen LogP contribution in [0.2, 0.25) is 0 Å². The van der Waals surface area contributed by atoms with E-state index in [9.17, 15) is 0 Å². The number of halogens is 1. The van der Waals surface area contributed by atoms with Crippen LogP contribution in [0.3, 0.4) is 0 Å². The Bertz CT molecular complexity index is 390. The summed E-state index contributed by atoms with van der Waals surface area (Å²) in [4.78, 5) is 0. The first-order valence-corrected chi connectivity index (χ1v) is 8.90. The van der Waals surface area contributed by atoms with E-state index >= 15 is 0 Å². The second kappa shape index (κ2) is 8.32. The van der Waals surface area contributed by atoms with Crippen LogP contribution in [0, 0.1) is 6.92 Å². The van der Waals surface area contributed by atoms with Crippen LogP contribution >= 0.6 is 27.7 Å². The molecule has 0 fully saturated rings. The van der Waals surface area contributed by atoms with Crippen molar-refractivity contribution < 1.29 is 0 Å². The van der Waals surface area contributed by atoms with Crippen LogP contribution in [-0.2, 0) is 13.0 Å². The number of thioether (sulfide) groups is 1. The molecule has 0 radical (unpaired) electrons. The average molecular weight is 348 g/mol. The Hall–Kier alpha value is 0. The molecule has 0 spiro atoms. The Labute approximate surface area is 130 Å². The molecule has 0 amide bonds. The summed E-state index contributed by atoms with van der Waals surface area (Å²) in [7, 11) is 0. The highest BCUT2D eigenvalue weighted by Gasteiger charge is 2.17. The second-order valence-electron chi connectivity index (χ2n) is 5.00. The monoisotopic (exact) mass is 347 g/mol. The molecule has 1 atom stereocenters. The van der Waals surface area contributed by atoms with Gasteiger partial charge in [0.05, 0.1) is 15.9 Å². The zero-order valence-electron chi connectivity index (χ0n) is 12.7. The Morgan fingerprint density at radius 2 is 2.05 bits per heavy atom. The zero-order valence-corrected chi connectivity index (χ0v) is 15.1. The van der Waals surface area contributed by atoms with Gasteiger partial charge >= 0.3 is 0 Å². The molecule has 110 valence electrons. The summed E-state index contributed by atoms with van der Waals surface area (Å²) in [5.41, 5.74) is 2.40. The summed E-state index contributed by atoms with van der Waals surface area (Å²) in [6.07, 6.45) is 1.03. The van der Waals surface area contributed by atoms with Gasteiger partial charge in [-0.15, -0.1) is 0 Å². The number of rotatable bonds is 8. The molecule has 0 aliphatic heterocycles. The molecule has 0 aliphatic carbocycles. The minimum absolute atomic E-state index is 0.509. The first-order chi connectivity index (χ1) is 8.99. The molecule has 5 heteroatoms. The maximum atomic E-state index is 4.57. The number of hydrogen-bond donors (Lipinski definition) is 1. The smallest absolute Gasteiger partial charge is 0.0738 e. The number of aromatic nitrogens is 2. The Kier molecular flexibility index (Phi) is 7.47. The highest BCUT2D eigenvalue weighted by Crippen LogP contribution is 2.23. The van der Waals surface area contributed by atoms with Crippen LogP contribution in [0.4, 0.5) is 0 Å². The van der Waals surface area contributed by atoms with E-state index in [-0.39, 0.29) is 0 Å². The van der Waals surface area contributed by atoms with Crippen molar-refractivity contribution in [3.05, 3.63) is 15.9 Å². The second-order valence-corrected chi connectivity index (χ2v) is 7.41. The van der Waals surface area contributed by atoms with Crippen molar-refractivity contribution in [2.75, 3.05) is 12.3 Å². The summed E-state index contributed by atoms with van der Waals surface area (Å²) in [5.74, 6) is 1.14. The van der Waals surface area contributed by atoms with Gasteiger partial charge in [-0.05, 0) is 41.6 Å². The fraction of sp³-hybridized carbons (Fsp3) is 0.786. The Balaban J connectivity index is 2.77. The van der Waals surface area contributed by atoms with Gasteiger partial charge in [0, 0.05) is 24.8 Å². The molecule has 0 aliphatic rings. The van der Waals surface area contributed by atoms with Gasteiger partial charge in [-0.25, -0.2) is 0 Å². The van der Waals surface area contributed by atoms with E-state index in [4.69, 9.17) is 0 Å². The van der Waals surface area contributed by atoms with Gasteiger partial charge in [0.1, 0.15) is 0 Å². The maximum Gasteiger partial charge on any atom is 0.0738 e. The van der Waals surface area contributed by atoms with E-state index < -0.39 is 0 Å². The number of nitrogens with one attached hydrogen (secondary N) is 1. The Morgan fingerprint density at radius 3 is 2.58 bits per heavy atom. The molecule has 1 rings (SSSR count). The van der Waals surface area contributed by atoms with Crippen molar-refractivity contribution >= 4 is 27.7 Å². The number of aryl methyl sites for hydroxylation is 2. The molecule has 1 aromatic heterocycles. The van der Waals surface area contributed by atoms with Crippen molar-refractivity contribution in [1.82, 2.24) is 15.1 Å². The molecule has 0 aromatic carbocycles. The molecular weight excluding hydrogens is 322 g/mol. The molecule has 19 heavy (non-hydrogen) atoms. The van der Waals surface area contributed by atoms with Crippen molar-refractivity contribution in [2.24, 2.45) is 0 Å². The number of hydrogen-bond acceptors (Lipinski definition) is 3. The Morgan fingerprint density at radius 1 is 1.37 bits per heavy atom. The molecule has 1 aromatic rings. The lowest BCUT2D eigenvalue weighted by molar-refractivity contribution is 0.532. The predicted octanol–water partition coefficient (Wildman–Crippen LogP) is 3.64. The molecule has 1 heterocycles. The third-order valence-corrected chi connectivity index (χ3v) is 5.31. The minimum atomic E-state index is 0.509. The number of likely N-dealkylation sites (N-methyl/N-ethyl adjacent to an activating group) is 1. The lowest BCUT2D eigenvalue weighted by atomic mass is 10.1. The molecular formula is C14H26BrN3S. The van der Waals surface area contributed by atoms with Gasteiger partial charge in [0.25, 0.3) is 0 Å². The minimum Gasteiger partial charge on any atom is -0.313 e. The van der Waals surface area contributed by atoms with E-state index in [1.807, 2.05) is 11.8 Å². The van der Waals surface area contributed by atoms with E-state index in [1.165, 1.54) is 10.2 Å². The van der Waals surface area contributed by atoms with Crippen LogP contribution in [0.5, 0.6) is 0 Å². The third kappa shape index (κ3) is 5.12. The maximum absolute atomic E-state index is 4.57. The molecule has 0 saturated heterocycles. The SMILES string of the molecule is CCNC(CSC(C)C)Cc1c(Br)c(C)nn1CC. The van der Waals surface area contributed by atoms with Crippen LogP contribution in [0.1, 0.15) is 39.1 Å². The van der Waals surface area contributed by atoms with Crippen LogP contribution in [0.25, 0.3) is 0 Å². The van der Waals surface area contributed by atoms with Gasteiger partial charge in [0.2, 0.25) is 0 Å². The molecule has 3 nitrogen and oxygen atoms in total. The van der Waals surface area contributed by atoms with E-state index in [0.717, 1.165) is 31.0 Å². The molecule has 0 bridgehead atoms. The van der Waals surface area contributed by atoms with Crippen molar-refractivity contribution in [2.45, 2.75) is 58.9 Å². The topological polar surface area (TPSA) is 29.9 Å². The first-order valence-electron chi connectivity index (χ1n) is 7.06. The lowest BCUT2D eigenvalue weighted by Gasteiger charge is -2.19. The standard InChI is InChI=1S/C14H26BrN3S/c1-6-16-12(9-19-10(3)4)8-13-14(15)11(5)17-18(13)7-2/h10,12,16H,6-9H2,1-5H3. The van der Waals surface area contributed by atoms with E-state index in [2.05, 4.69) is 65.6 Å². The van der Waals surface area contributed by atoms with Crippen LogP contribution < -0.4 is 5.32 Å². The summed E-state index contributed by atoms with van der Waals surface area (Å²) in [5, 5.41) is 8.85. The molecule has 1 unspecified atom stereocenters. The highest BCUT2D eigenvalue weighted by molar-refractivity contribution is 9.10. The summed E-state index contributed by atoms with van der Waals surface area (Å²) in [6, 6.07) is 0.509. The fourth-order valence-electron chi connectivity index (χ4n) is 2.08. The van der Waals surface area contributed by atoms with Gasteiger partial charge in [-0.2, -0.15) is 16.9 Å². The molecule has 1 N–H and O–H groups in total. The lowest BCUT2D eigenvalue weighted by Crippen LogP contribution is -2.34. The predicted molar refractivity (Wildman–Crippen MR) is 89.1 cm³/mol. The van der Waals surface area contributed by atoms with E-state index in [1.54, 1.807) is 0 Å². The van der Waals surface area contributed by atoms with Gasteiger partial charge in [-0.1, -0.05) is 20.8 Å². The van der Waals surface area contributed by atoms with Crippen molar-refractivity contribution in [3.63, 3.8) is 0 Å². The number of nitrogens with zero attached hydrogens (tertiary/aromatic N) is 2. The molecule has 0 saturated carbocycles. The zero-order chi connectivity index (χ0) is 14.4.